The van der Waals surface area contributed by atoms with Gasteiger partial charge in [-0.3, -0.25) is 19.7 Å². The zero-order chi connectivity index (χ0) is 47.2. The molecule has 346 valence electrons. The lowest BCUT2D eigenvalue weighted by Gasteiger charge is -2.48. The van der Waals surface area contributed by atoms with Crippen LogP contribution in [0.3, 0.4) is 0 Å². The molecule has 0 bridgehead atoms. The molecule has 1 fully saturated rings. The van der Waals surface area contributed by atoms with Crippen molar-refractivity contribution < 1.29 is 37.2 Å². The number of nitro groups is 1. The highest BCUT2D eigenvalue weighted by molar-refractivity contribution is 7.89. The second kappa shape index (κ2) is 20.8. The highest BCUT2D eigenvalue weighted by atomic mass is 35.5. The van der Waals surface area contributed by atoms with Crippen LogP contribution in [0.15, 0.2) is 96.0 Å². The normalized spacial score (nSPS) is 16.5. The fourth-order valence-corrected chi connectivity index (χ4v) is 9.67. The molecule has 6 rings (SSSR count). The first-order valence-electron chi connectivity index (χ1n) is 20.6. The maximum absolute atomic E-state index is 15.5. The number of piperidine rings is 1. The van der Waals surface area contributed by atoms with Crippen molar-refractivity contribution in [3.63, 3.8) is 0 Å². The van der Waals surface area contributed by atoms with Crippen molar-refractivity contribution in [3.05, 3.63) is 134 Å². The summed E-state index contributed by atoms with van der Waals surface area (Å²) >= 11 is 12.4. The third kappa shape index (κ3) is 11.5. The number of carbonyl (C=O) groups excluding carboxylic acids is 2. The van der Waals surface area contributed by atoms with Gasteiger partial charge in [-0.2, -0.15) is 4.31 Å². The summed E-state index contributed by atoms with van der Waals surface area (Å²) in [4.78, 5) is 46.4. The number of amides is 2. The number of ether oxygens (including phenoxy) is 1. The molecule has 16 nitrogen and oxygen atoms in total. The number of aliphatic hydroxyl groups excluding tert-OH is 1. The van der Waals surface area contributed by atoms with Gasteiger partial charge in [0, 0.05) is 67.0 Å². The van der Waals surface area contributed by atoms with E-state index in [-0.39, 0.29) is 53.0 Å². The molecule has 1 aliphatic heterocycles. The van der Waals surface area contributed by atoms with Gasteiger partial charge in [0.2, 0.25) is 21.8 Å². The summed E-state index contributed by atoms with van der Waals surface area (Å²) in [5, 5.41) is 27.9. The molecule has 1 aromatic heterocycles. The molecule has 3 atom stereocenters. The number of hydrogen-bond donors (Lipinski definition) is 3. The second-order valence-electron chi connectivity index (χ2n) is 16.3. The molecule has 3 N–H and O–H groups in total. The number of hydrogen-bond acceptors (Lipinski definition) is 11. The average Bonchev–Trinajstić information content (AvgIpc) is 3.63. The van der Waals surface area contributed by atoms with Crippen molar-refractivity contribution in [1.29, 1.82) is 0 Å². The Bertz CT molecular complexity index is 2620. The van der Waals surface area contributed by atoms with Crippen LogP contribution < -0.4 is 15.4 Å². The van der Waals surface area contributed by atoms with E-state index in [0.29, 0.717) is 30.2 Å². The number of nitrogens with zero attached hydrogens (tertiary/aromatic N) is 6. The van der Waals surface area contributed by atoms with E-state index in [1.807, 2.05) is 42.7 Å². The number of benzene rings is 4. The average molecular weight is 954 g/mol. The van der Waals surface area contributed by atoms with Crippen LogP contribution in [0.2, 0.25) is 10.0 Å². The summed E-state index contributed by atoms with van der Waals surface area (Å²) in [6.45, 7) is 1.16. The first-order valence-corrected chi connectivity index (χ1v) is 22.8. The minimum absolute atomic E-state index is 0.0854. The van der Waals surface area contributed by atoms with Gasteiger partial charge in [-0.05, 0) is 107 Å². The maximum Gasteiger partial charge on any atom is 0.269 e. The van der Waals surface area contributed by atoms with Crippen molar-refractivity contribution >= 4 is 50.7 Å². The number of likely N-dealkylation sites (N-methyl/N-ethyl adjacent to an activating group) is 1. The molecule has 4 aromatic carbocycles. The van der Waals surface area contributed by atoms with E-state index in [1.54, 1.807) is 42.6 Å². The van der Waals surface area contributed by atoms with E-state index in [2.05, 4.69) is 15.6 Å². The minimum atomic E-state index is -4.18. The molecule has 2 amide bonds. The number of imidazole rings is 1. The van der Waals surface area contributed by atoms with Gasteiger partial charge >= 0.3 is 0 Å². The van der Waals surface area contributed by atoms with Gasteiger partial charge in [-0.25, -0.2) is 17.8 Å². The molecule has 2 unspecified atom stereocenters. The van der Waals surface area contributed by atoms with Crippen LogP contribution in [0.25, 0.3) is 11.3 Å². The molecular formula is C45H51Cl2FN8O8S. The zero-order valence-corrected chi connectivity index (χ0v) is 38.8. The van der Waals surface area contributed by atoms with Crippen LogP contribution in [0.4, 0.5) is 10.1 Å². The lowest BCUT2D eigenvalue weighted by Crippen LogP contribution is -2.64. The van der Waals surface area contributed by atoms with E-state index in [4.69, 9.17) is 27.9 Å². The molecular weight excluding hydrogens is 903 g/mol. The van der Waals surface area contributed by atoms with Gasteiger partial charge in [-0.1, -0.05) is 35.3 Å². The largest absolute Gasteiger partial charge is 0.457 e. The maximum atomic E-state index is 15.5. The lowest BCUT2D eigenvalue weighted by molar-refractivity contribution is -0.384. The molecule has 20 heteroatoms. The van der Waals surface area contributed by atoms with Gasteiger partial charge < -0.3 is 34.8 Å². The molecule has 0 spiro atoms. The molecule has 0 aliphatic carbocycles. The zero-order valence-electron chi connectivity index (χ0n) is 36.5. The van der Waals surface area contributed by atoms with E-state index in [9.17, 15) is 33.2 Å². The Labute approximate surface area is 387 Å². The van der Waals surface area contributed by atoms with Gasteiger partial charge in [0.1, 0.15) is 29.2 Å². The standard InChI is InChI=1S/C45H51Cl2FN8O8S/c1-29(49-24-37-38(48)21-33(47)22-41(37)64-35-15-9-31(10-16-35)40-25-50-42(53(40)4)26-52(2)3)43(58)51-39(27-57)44(59)54(5)45(23-30-7-11-32(46)12-8-30)19-6-20-55(28-45)65(62,63)36-17-13-34(14-18-36)56(60)61/h7-18,21-22,25,29,39,49,57H,6,19-20,23-24,26-28H2,1-5H3,(H,51,58)/t29?,39?,45-/m1/s1. The fraction of sp³-hybridized carbons (Fsp3) is 0.356. The molecule has 2 heterocycles. The summed E-state index contributed by atoms with van der Waals surface area (Å²) in [7, 11) is 3.19. The Morgan fingerprint density at radius 1 is 1.03 bits per heavy atom. The van der Waals surface area contributed by atoms with Crippen molar-refractivity contribution in [2.45, 2.75) is 61.8 Å². The number of nitrogens with one attached hydrogen (secondary N) is 2. The number of aliphatic hydroxyl groups is 1. The van der Waals surface area contributed by atoms with Gasteiger partial charge in [0.15, 0.2) is 0 Å². The van der Waals surface area contributed by atoms with Crippen LogP contribution >= 0.6 is 23.2 Å². The Kier molecular flexibility index (Phi) is 15.7. The monoisotopic (exact) mass is 952 g/mol. The summed E-state index contributed by atoms with van der Waals surface area (Å²) in [6, 6.07) is 18.8. The highest BCUT2D eigenvalue weighted by Crippen LogP contribution is 2.36. The highest BCUT2D eigenvalue weighted by Gasteiger charge is 2.46. The quantitative estimate of drug-likeness (QED) is 0.0672. The van der Waals surface area contributed by atoms with Crippen LogP contribution in [0.5, 0.6) is 11.5 Å². The SMILES string of the molecule is CC(NCc1c(F)cc(Cl)cc1Oc1ccc(-c2cnc(CN(C)C)n2C)cc1)C(=O)NC(CO)C(=O)N(C)[C@@]1(Cc2ccc(Cl)cc2)CCCN(S(=O)(=O)c2ccc([N+](=O)[O-])cc2)C1. The van der Waals surface area contributed by atoms with Crippen LogP contribution in [-0.4, -0.2) is 112 Å². The molecule has 0 radical (unpaired) electrons. The third-order valence-corrected chi connectivity index (χ3v) is 13.8. The first kappa shape index (κ1) is 49.0. The number of non-ortho nitro benzene ring substituents is 1. The number of rotatable bonds is 18. The smallest absolute Gasteiger partial charge is 0.269 e. The van der Waals surface area contributed by atoms with Crippen molar-refractivity contribution in [3.8, 4) is 22.8 Å². The molecule has 65 heavy (non-hydrogen) atoms. The van der Waals surface area contributed by atoms with E-state index in [0.717, 1.165) is 40.8 Å². The minimum Gasteiger partial charge on any atom is -0.457 e. The Morgan fingerprint density at radius 3 is 2.34 bits per heavy atom. The molecule has 0 saturated carbocycles. The predicted molar refractivity (Wildman–Crippen MR) is 245 cm³/mol. The predicted octanol–water partition coefficient (Wildman–Crippen LogP) is 6.17. The van der Waals surface area contributed by atoms with Gasteiger partial charge in [0.05, 0.1) is 46.4 Å². The summed E-state index contributed by atoms with van der Waals surface area (Å²) < 4.78 is 52.8. The topological polar surface area (TPSA) is 192 Å². The van der Waals surface area contributed by atoms with Crippen molar-refractivity contribution in [2.24, 2.45) is 7.05 Å². The summed E-state index contributed by atoms with van der Waals surface area (Å²) in [5.41, 5.74) is 1.20. The lowest BCUT2D eigenvalue weighted by atomic mass is 9.82. The number of nitro benzene ring substituents is 1. The Balaban J connectivity index is 1.15. The first-order chi connectivity index (χ1) is 30.8. The van der Waals surface area contributed by atoms with Crippen LogP contribution in [0, 0.1) is 15.9 Å². The molecule has 1 aliphatic rings. The second-order valence-corrected chi connectivity index (χ2v) is 19.1. The van der Waals surface area contributed by atoms with Gasteiger partial charge in [0.25, 0.3) is 5.69 Å². The van der Waals surface area contributed by atoms with E-state index in [1.165, 1.54) is 41.4 Å². The summed E-state index contributed by atoms with van der Waals surface area (Å²) in [5.74, 6) is -0.620. The van der Waals surface area contributed by atoms with E-state index >= 15 is 4.39 Å². The van der Waals surface area contributed by atoms with Crippen molar-refractivity contribution in [2.75, 3.05) is 40.8 Å². The van der Waals surface area contributed by atoms with Gasteiger partial charge in [-0.15, -0.1) is 0 Å². The number of halogens is 3. The Hall–Kier alpha value is -5.47. The van der Waals surface area contributed by atoms with Crippen LogP contribution in [-0.2, 0) is 46.2 Å². The summed E-state index contributed by atoms with van der Waals surface area (Å²) in [6.07, 6.45) is 2.69. The number of aromatic nitrogens is 2. The number of sulfonamides is 1. The fourth-order valence-electron chi connectivity index (χ4n) is 7.79. The third-order valence-electron chi connectivity index (χ3n) is 11.5. The van der Waals surface area contributed by atoms with E-state index < -0.39 is 56.8 Å². The molecule has 5 aromatic rings. The van der Waals surface area contributed by atoms with Crippen molar-refractivity contribution in [1.82, 2.24) is 34.3 Å². The Morgan fingerprint density at radius 2 is 1.71 bits per heavy atom. The molecule has 1 saturated heterocycles. The van der Waals surface area contributed by atoms with Crippen LogP contribution in [0.1, 0.15) is 36.7 Å². The number of carbonyl (C=O) groups is 2.